The van der Waals surface area contributed by atoms with Gasteiger partial charge in [-0.15, -0.1) is 11.3 Å². The molecule has 1 fully saturated rings. The molecule has 0 aromatic carbocycles. The summed E-state index contributed by atoms with van der Waals surface area (Å²) in [4.78, 5) is 11.8. The Morgan fingerprint density at radius 2 is 2.14 bits per heavy atom. The molecule has 0 spiro atoms. The average molecular weight is 345 g/mol. The number of rotatable bonds is 6. The molecule has 0 unspecified atom stereocenters. The molecule has 1 aromatic heterocycles. The summed E-state index contributed by atoms with van der Waals surface area (Å²) in [5.74, 6) is 0.510. The van der Waals surface area contributed by atoms with Gasteiger partial charge in [-0.1, -0.05) is 19.8 Å². The van der Waals surface area contributed by atoms with Gasteiger partial charge in [0, 0.05) is 24.4 Å². The summed E-state index contributed by atoms with van der Waals surface area (Å²) in [6.07, 6.45) is 4.76. The third kappa shape index (κ3) is 5.07. The number of hydrogen-bond acceptors (Lipinski definition) is 4. The molecule has 22 heavy (non-hydrogen) atoms. The summed E-state index contributed by atoms with van der Waals surface area (Å²) in [5.41, 5.74) is 0. The normalized spacial score (nSPS) is 22.5. The number of nitrogens with one attached hydrogen (secondary N) is 2. The number of carbonyl (C=O) groups is 1. The number of hydrogen-bond donors (Lipinski definition) is 2. The maximum atomic E-state index is 12.4. The molecule has 2 atom stereocenters. The van der Waals surface area contributed by atoms with E-state index in [1.807, 2.05) is 6.07 Å². The fourth-order valence-electron chi connectivity index (χ4n) is 2.82. The van der Waals surface area contributed by atoms with Crippen LogP contribution in [0, 0.1) is 5.92 Å². The highest BCUT2D eigenvalue weighted by Gasteiger charge is 2.25. The predicted molar refractivity (Wildman–Crippen MR) is 88.4 cm³/mol. The number of thiophene rings is 1. The standard InChI is InChI=1S/C15H24N2O3S2/c1-11-4-3-5-13(10-11)17-22(19,20)15-7-6-14(21-15)8-9-16-12(2)18/h6-7,11,13,17H,3-5,8-10H2,1-2H3,(H,16,18)/t11-,13+/m1/s1. The maximum absolute atomic E-state index is 12.4. The van der Waals surface area contributed by atoms with Gasteiger partial charge in [0.1, 0.15) is 4.21 Å². The quantitative estimate of drug-likeness (QED) is 0.831. The van der Waals surface area contributed by atoms with Gasteiger partial charge in [-0.05, 0) is 37.3 Å². The van der Waals surface area contributed by atoms with E-state index in [2.05, 4.69) is 17.0 Å². The third-order valence-electron chi connectivity index (χ3n) is 3.91. The summed E-state index contributed by atoms with van der Waals surface area (Å²) >= 11 is 1.28. The van der Waals surface area contributed by atoms with E-state index in [0.29, 0.717) is 23.1 Å². The van der Waals surface area contributed by atoms with E-state index in [4.69, 9.17) is 0 Å². The molecule has 1 aliphatic rings. The summed E-state index contributed by atoms with van der Waals surface area (Å²) in [5, 5.41) is 2.72. The zero-order valence-electron chi connectivity index (χ0n) is 13.1. The molecule has 7 heteroatoms. The summed E-state index contributed by atoms with van der Waals surface area (Å²) in [7, 11) is -3.42. The van der Waals surface area contributed by atoms with Crippen LogP contribution in [0.4, 0.5) is 0 Å². The highest BCUT2D eigenvalue weighted by Crippen LogP contribution is 2.27. The van der Waals surface area contributed by atoms with Crippen molar-refractivity contribution in [1.29, 1.82) is 0 Å². The van der Waals surface area contributed by atoms with Crippen LogP contribution >= 0.6 is 11.3 Å². The van der Waals surface area contributed by atoms with E-state index >= 15 is 0 Å². The fraction of sp³-hybridized carbons (Fsp3) is 0.667. The van der Waals surface area contributed by atoms with Crippen LogP contribution < -0.4 is 10.0 Å². The lowest BCUT2D eigenvalue weighted by molar-refractivity contribution is -0.118. The molecule has 1 saturated carbocycles. The molecule has 0 bridgehead atoms. The summed E-state index contributed by atoms with van der Waals surface area (Å²) in [6.45, 7) is 4.17. The van der Waals surface area contributed by atoms with Crippen LogP contribution in [0.5, 0.6) is 0 Å². The van der Waals surface area contributed by atoms with Crippen LogP contribution in [0.15, 0.2) is 16.3 Å². The highest BCUT2D eigenvalue weighted by atomic mass is 32.2. The van der Waals surface area contributed by atoms with Crippen molar-refractivity contribution in [2.24, 2.45) is 5.92 Å². The van der Waals surface area contributed by atoms with Gasteiger partial charge in [-0.3, -0.25) is 4.79 Å². The first-order valence-electron chi connectivity index (χ1n) is 7.72. The molecule has 1 aliphatic carbocycles. The van der Waals surface area contributed by atoms with Crippen molar-refractivity contribution in [2.45, 2.75) is 56.2 Å². The zero-order chi connectivity index (χ0) is 16.2. The maximum Gasteiger partial charge on any atom is 0.250 e. The Labute approximate surface area is 136 Å². The van der Waals surface area contributed by atoms with Gasteiger partial charge in [0.2, 0.25) is 15.9 Å². The largest absolute Gasteiger partial charge is 0.356 e. The van der Waals surface area contributed by atoms with Crippen molar-refractivity contribution in [1.82, 2.24) is 10.0 Å². The number of amides is 1. The van der Waals surface area contributed by atoms with Gasteiger partial charge in [0.15, 0.2) is 0 Å². The van der Waals surface area contributed by atoms with Crippen molar-refractivity contribution in [3.05, 3.63) is 17.0 Å². The Morgan fingerprint density at radius 1 is 1.36 bits per heavy atom. The Bertz CT molecular complexity index is 610. The molecule has 1 heterocycles. The molecule has 0 aliphatic heterocycles. The first kappa shape index (κ1) is 17.4. The van der Waals surface area contributed by atoms with Crippen molar-refractivity contribution in [2.75, 3.05) is 6.54 Å². The molecular formula is C15H24N2O3S2. The van der Waals surface area contributed by atoms with E-state index in [0.717, 1.165) is 24.1 Å². The van der Waals surface area contributed by atoms with Gasteiger partial charge in [-0.2, -0.15) is 0 Å². The summed E-state index contributed by atoms with van der Waals surface area (Å²) < 4.78 is 28.1. The van der Waals surface area contributed by atoms with Crippen molar-refractivity contribution in [3.8, 4) is 0 Å². The van der Waals surface area contributed by atoms with Crippen LogP contribution in [0.2, 0.25) is 0 Å². The zero-order valence-corrected chi connectivity index (χ0v) is 14.7. The second-order valence-corrected chi connectivity index (χ2v) is 9.15. The third-order valence-corrected chi connectivity index (χ3v) is 7.06. The minimum atomic E-state index is -3.42. The lowest BCUT2D eigenvalue weighted by atomic mass is 9.88. The highest BCUT2D eigenvalue weighted by molar-refractivity contribution is 7.91. The van der Waals surface area contributed by atoms with Crippen LogP contribution in [0.1, 0.15) is 44.4 Å². The van der Waals surface area contributed by atoms with Gasteiger partial charge in [0.25, 0.3) is 0 Å². The Morgan fingerprint density at radius 3 is 2.82 bits per heavy atom. The van der Waals surface area contributed by atoms with Gasteiger partial charge in [-0.25, -0.2) is 13.1 Å². The predicted octanol–water partition coefficient (Wildman–Crippen LogP) is 2.28. The molecule has 1 aromatic rings. The van der Waals surface area contributed by atoms with E-state index < -0.39 is 10.0 Å². The molecular weight excluding hydrogens is 320 g/mol. The van der Waals surface area contributed by atoms with Gasteiger partial charge < -0.3 is 5.32 Å². The topological polar surface area (TPSA) is 75.3 Å². The Balaban J connectivity index is 1.94. The fourth-order valence-corrected chi connectivity index (χ4v) is 5.47. The average Bonchev–Trinajstić information content (AvgIpc) is 2.87. The van der Waals surface area contributed by atoms with Crippen molar-refractivity contribution < 1.29 is 13.2 Å². The molecule has 2 rings (SSSR count). The molecule has 2 N–H and O–H groups in total. The van der Waals surface area contributed by atoms with Crippen molar-refractivity contribution >= 4 is 27.3 Å². The van der Waals surface area contributed by atoms with Crippen LogP contribution in [0.25, 0.3) is 0 Å². The van der Waals surface area contributed by atoms with E-state index in [-0.39, 0.29) is 11.9 Å². The minimum Gasteiger partial charge on any atom is -0.356 e. The Hall–Kier alpha value is -0.920. The van der Waals surface area contributed by atoms with E-state index in [9.17, 15) is 13.2 Å². The van der Waals surface area contributed by atoms with E-state index in [1.165, 1.54) is 24.7 Å². The molecule has 124 valence electrons. The van der Waals surface area contributed by atoms with Crippen LogP contribution in [-0.4, -0.2) is 26.9 Å². The molecule has 1 amide bonds. The lowest BCUT2D eigenvalue weighted by Crippen LogP contribution is -2.37. The Kier molecular flexibility index (Phi) is 6.00. The van der Waals surface area contributed by atoms with Crippen LogP contribution in [-0.2, 0) is 21.2 Å². The minimum absolute atomic E-state index is 0.0543. The second kappa shape index (κ2) is 7.57. The smallest absolute Gasteiger partial charge is 0.250 e. The van der Waals surface area contributed by atoms with Gasteiger partial charge >= 0.3 is 0 Å². The second-order valence-electron chi connectivity index (χ2n) is 6.04. The van der Waals surface area contributed by atoms with Crippen LogP contribution in [0.3, 0.4) is 0 Å². The van der Waals surface area contributed by atoms with Gasteiger partial charge in [0.05, 0.1) is 0 Å². The molecule has 5 nitrogen and oxygen atoms in total. The molecule has 0 radical (unpaired) electrons. The number of carbonyl (C=O) groups excluding carboxylic acids is 1. The lowest BCUT2D eigenvalue weighted by Gasteiger charge is -2.26. The summed E-state index contributed by atoms with van der Waals surface area (Å²) in [6, 6.07) is 3.53. The first-order chi connectivity index (χ1) is 10.4. The first-order valence-corrected chi connectivity index (χ1v) is 10.0. The number of sulfonamides is 1. The van der Waals surface area contributed by atoms with Crippen molar-refractivity contribution in [3.63, 3.8) is 0 Å². The molecule has 0 saturated heterocycles. The van der Waals surface area contributed by atoms with E-state index in [1.54, 1.807) is 6.07 Å². The monoisotopic (exact) mass is 344 g/mol. The SMILES string of the molecule is CC(=O)NCCc1ccc(S(=O)(=O)N[C@H]2CCC[C@@H](C)C2)s1.